The number of esters is 3. The van der Waals surface area contributed by atoms with Crippen LogP contribution in [0.4, 0.5) is 4.79 Å². The molecule has 1 aromatic rings. The summed E-state index contributed by atoms with van der Waals surface area (Å²) in [6.45, 7) is 8.68. The number of carbonyl (C=O) groups excluding carboxylic acids is 8. The number of aliphatic hydroxyl groups is 7. The topological polar surface area (TPSA) is 622 Å². The van der Waals surface area contributed by atoms with Crippen LogP contribution >= 0.6 is 0 Å². The Morgan fingerprint density at radius 3 is 1.13 bits per heavy atom. The van der Waals surface area contributed by atoms with Gasteiger partial charge in [-0.3, -0.25) is 38.9 Å². The molecule has 3 fully saturated rings. The Bertz CT molecular complexity index is 3030. The first-order valence-corrected chi connectivity index (χ1v) is 43.5. The molecule has 3 aliphatic rings. The van der Waals surface area contributed by atoms with Crippen molar-refractivity contribution in [2.75, 3.05) is 205 Å². The summed E-state index contributed by atoms with van der Waals surface area (Å²) < 4.78 is 117. The van der Waals surface area contributed by atoms with Gasteiger partial charge in [0.2, 0.25) is 23.6 Å². The zero-order valence-corrected chi connectivity index (χ0v) is 74.1. The van der Waals surface area contributed by atoms with E-state index in [1.54, 1.807) is 13.8 Å². The number of ether oxygens (including phenoxy) is 21. The molecule has 45 heteroatoms. The number of amides is 5. The second kappa shape index (κ2) is 67.8. The van der Waals surface area contributed by atoms with Gasteiger partial charge in [-0.2, -0.15) is 0 Å². The number of nitrogens with two attached hydrogens (primary N) is 3. The fourth-order valence-electron chi connectivity index (χ4n) is 12.4. The van der Waals surface area contributed by atoms with Crippen molar-refractivity contribution in [2.45, 2.75) is 234 Å². The molecule has 0 saturated carbocycles. The zero-order chi connectivity index (χ0) is 92.9. The number of carbonyl (C=O) groups is 8. The van der Waals surface area contributed by atoms with Crippen molar-refractivity contribution in [1.29, 1.82) is 0 Å². The van der Waals surface area contributed by atoms with E-state index >= 15 is 0 Å². The van der Waals surface area contributed by atoms with Crippen molar-refractivity contribution in [3.05, 3.63) is 35.9 Å². The predicted octanol–water partition coefficient (Wildman–Crippen LogP) is -3.92. The van der Waals surface area contributed by atoms with Crippen LogP contribution in [0.3, 0.4) is 0 Å². The normalized spacial score (nSPS) is 23.2. The molecule has 0 spiro atoms. The van der Waals surface area contributed by atoms with E-state index in [-0.39, 0.29) is 254 Å². The Balaban J connectivity index is 1.26. The minimum atomic E-state index is -1.40. The summed E-state index contributed by atoms with van der Waals surface area (Å²) in [5.41, 5.74) is 17.5. The van der Waals surface area contributed by atoms with Gasteiger partial charge in [0.25, 0.3) is 0 Å². The summed E-state index contributed by atoms with van der Waals surface area (Å²) >= 11 is 0. The zero-order valence-electron chi connectivity index (χ0n) is 74.1. The molecule has 16 atom stereocenters. The number of rotatable bonds is 74. The third kappa shape index (κ3) is 51.9. The van der Waals surface area contributed by atoms with Crippen LogP contribution in [0.25, 0.3) is 0 Å². The molecule has 3 heterocycles. The van der Waals surface area contributed by atoms with Crippen molar-refractivity contribution in [3.63, 3.8) is 0 Å². The summed E-state index contributed by atoms with van der Waals surface area (Å²) in [5, 5.41) is 90.1. The molecule has 4 rings (SSSR count). The summed E-state index contributed by atoms with van der Waals surface area (Å²) in [7, 11) is 0. The van der Waals surface area contributed by atoms with Crippen LogP contribution in [0.15, 0.2) is 30.3 Å². The van der Waals surface area contributed by atoms with Gasteiger partial charge in [0.15, 0.2) is 24.7 Å². The molecule has 3 saturated heterocycles. The van der Waals surface area contributed by atoms with Crippen LogP contribution < -0.4 is 49.1 Å². The van der Waals surface area contributed by atoms with Crippen molar-refractivity contribution in [2.24, 2.45) is 17.2 Å². The van der Waals surface area contributed by atoms with E-state index in [1.165, 1.54) is 20.8 Å². The first kappa shape index (κ1) is 113. The smallest absolute Gasteiger partial charge is 0.407 e. The molecule has 0 aliphatic carbocycles. The molecule has 734 valence electrons. The van der Waals surface area contributed by atoms with E-state index in [0.717, 1.165) is 44.1 Å². The molecule has 0 bridgehead atoms. The Morgan fingerprint density at radius 1 is 0.386 bits per heavy atom. The average molecular weight is 1830 g/mol. The molecule has 127 heavy (non-hydrogen) atoms. The van der Waals surface area contributed by atoms with Gasteiger partial charge in [0.05, 0.1) is 170 Å². The number of alkyl carbamates (subject to hydrolysis) is 1. The molecule has 0 aromatic heterocycles. The lowest BCUT2D eigenvalue weighted by Crippen LogP contribution is -2.62. The van der Waals surface area contributed by atoms with Gasteiger partial charge in [-0.25, -0.2) is 4.79 Å². The molecular formula is C82H145N9O36. The number of hydrogen-bond donors (Lipinski definition) is 16. The predicted molar refractivity (Wildman–Crippen MR) is 446 cm³/mol. The molecule has 5 amide bonds. The highest BCUT2D eigenvalue weighted by Gasteiger charge is 2.47. The van der Waals surface area contributed by atoms with Crippen LogP contribution in [0.2, 0.25) is 0 Å². The van der Waals surface area contributed by atoms with Gasteiger partial charge in [-0.15, -0.1) is 0 Å². The quantitative estimate of drug-likeness (QED) is 0.0128. The average Bonchev–Trinajstić information content (AvgIpc) is 0.826. The Labute approximate surface area is 742 Å². The van der Waals surface area contributed by atoms with Gasteiger partial charge in [-0.05, 0) is 32.3 Å². The van der Waals surface area contributed by atoms with Crippen molar-refractivity contribution in [3.8, 4) is 0 Å². The SMILES string of the molecule is CC(=O)OCC1OC(OCCOCCOCCNC(=O)CCOCC(COCCC(=O)NCCOCCOCCOC2OC(COC(C)=O)C(O)C(O)C2N)(COCCC(O)NCCOCCOCCOC2OC(COC(C)=O)C(O)C(O)C2N)NC(=O)CCCCCCCCCCC(=O)NCCOC(C)(C)OCCNC(=O)OCc2ccccc2)C(N)C(O)C1O. The molecule has 19 N–H and O–H groups in total. The van der Waals surface area contributed by atoms with E-state index in [0.29, 0.717) is 25.8 Å². The maximum Gasteiger partial charge on any atom is 0.407 e. The number of aliphatic hydroxyl groups excluding tert-OH is 7. The third-order valence-electron chi connectivity index (χ3n) is 19.5. The molecule has 45 nitrogen and oxygen atoms in total. The largest absolute Gasteiger partial charge is 0.463 e. The van der Waals surface area contributed by atoms with Gasteiger partial charge in [-0.1, -0.05) is 68.9 Å². The van der Waals surface area contributed by atoms with Crippen LogP contribution in [-0.4, -0.2) is 397 Å². The minimum Gasteiger partial charge on any atom is -0.463 e. The van der Waals surface area contributed by atoms with Crippen LogP contribution in [0.5, 0.6) is 0 Å². The molecule has 3 aliphatic heterocycles. The van der Waals surface area contributed by atoms with E-state index in [4.69, 9.17) is 117 Å². The standard InChI is InChI=1S/C82H145N9O36/c1-56(92)119-50-60-71(100)74(103)68(83)77(125-60)116-46-43-110-40-37-107-32-24-86-64(96)21-29-113-53-82(54-114-30-22-65(97)87-25-33-108-38-41-111-44-47-117-78-69(84)75(104)72(101)61(126-78)51-120-57(2)93,55-115-31-23-66(98)88-26-34-109-39-42-112-45-48-118-79-70(85)76(105)73(102)62(127-79)52-121-58(3)94)91-67(99)20-16-11-9-7-6-8-10-15-19-63(95)89-27-35-123-81(4,5)124-36-28-90-80(106)122-49-59-17-13-12-14-18-59/h12-14,17-18,60-62,64,68-79,86,96,100-105H,6-11,15-16,19-55,83-85H2,1-5H3,(H,87,97)(H,88,98)(H,89,95)(H,90,106)(H,91,99). The highest BCUT2D eigenvalue weighted by atomic mass is 16.7. The van der Waals surface area contributed by atoms with Crippen molar-refractivity contribution in [1.82, 2.24) is 31.9 Å². The van der Waals surface area contributed by atoms with Gasteiger partial charge >= 0.3 is 24.0 Å². The van der Waals surface area contributed by atoms with Crippen molar-refractivity contribution >= 4 is 47.6 Å². The highest BCUT2D eigenvalue weighted by molar-refractivity contribution is 5.77. The number of hydrogen-bond acceptors (Lipinski definition) is 40. The molecule has 0 radical (unpaired) electrons. The van der Waals surface area contributed by atoms with Crippen LogP contribution in [0, 0.1) is 0 Å². The summed E-state index contributed by atoms with van der Waals surface area (Å²) in [4.78, 5) is 98.8. The maximum absolute atomic E-state index is 14.1. The second-order valence-electron chi connectivity index (χ2n) is 30.7. The number of unbranched alkanes of at least 4 members (excludes halogenated alkanes) is 7. The second-order valence-corrected chi connectivity index (χ2v) is 30.7. The van der Waals surface area contributed by atoms with Crippen LogP contribution in [0.1, 0.15) is 124 Å². The number of benzene rings is 1. The monoisotopic (exact) mass is 1830 g/mol. The lowest BCUT2D eigenvalue weighted by atomic mass is 9.98. The van der Waals surface area contributed by atoms with Crippen LogP contribution in [-0.2, 0) is 140 Å². The Hall–Kier alpha value is -6.34. The minimum absolute atomic E-state index is 0.00637. The highest BCUT2D eigenvalue weighted by Crippen LogP contribution is 2.25. The maximum atomic E-state index is 14.1. The molecule has 16 unspecified atom stereocenters. The third-order valence-corrected chi connectivity index (χ3v) is 19.5. The van der Waals surface area contributed by atoms with E-state index < -0.39 is 133 Å². The Kier molecular flexibility index (Phi) is 60.3. The molecular weight excluding hydrogens is 1690 g/mol. The fourth-order valence-corrected chi connectivity index (χ4v) is 12.4. The number of nitrogens with one attached hydrogen (secondary N) is 6. The van der Waals surface area contributed by atoms with Crippen molar-refractivity contribution < 1.29 is 174 Å². The summed E-state index contributed by atoms with van der Waals surface area (Å²) in [6.07, 6.45) is -9.65. The first-order valence-electron chi connectivity index (χ1n) is 43.5. The van der Waals surface area contributed by atoms with E-state index in [2.05, 4.69) is 31.9 Å². The van der Waals surface area contributed by atoms with E-state index in [1.807, 2.05) is 30.3 Å². The summed E-state index contributed by atoms with van der Waals surface area (Å²) in [5.74, 6) is -3.91. The Morgan fingerprint density at radius 2 is 0.724 bits per heavy atom. The first-order chi connectivity index (χ1) is 61.0. The van der Waals surface area contributed by atoms with Gasteiger partial charge < -0.3 is 179 Å². The van der Waals surface area contributed by atoms with Gasteiger partial charge in [0.1, 0.15) is 93.1 Å². The lowest BCUT2D eigenvalue weighted by molar-refractivity contribution is -0.268. The summed E-state index contributed by atoms with van der Waals surface area (Å²) in [6, 6.07) is 6.08. The fraction of sp³-hybridized carbons (Fsp3) is 0.829. The molecule has 1 aromatic carbocycles. The lowest BCUT2D eigenvalue weighted by Gasteiger charge is -2.40. The van der Waals surface area contributed by atoms with E-state index in [9.17, 15) is 74.1 Å². The van der Waals surface area contributed by atoms with Gasteiger partial charge in [0, 0.05) is 85.6 Å².